The number of aryl methyl sites for hydroxylation is 1. The number of Topliss-reactive ketones (excluding diaryl/α,β-unsaturated/α-hetero) is 3. The molecule has 5 heteroatoms. The molecule has 3 aliphatic carbocycles. The summed E-state index contributed by atoms with van der Waals surface area (Å²) in [5.74, 6) is -0.552. The number of aliphatic hydroxyl groups excluding tert-OH is 1. The van der Waals surface area contributed by atoms with E-state index in [1.807, 2.05) is 45.9 Å². The molecule has 0 amide bonds. The van der Waals surface area contributed by atoms with E-state index in [-0.39, 0.29) is 29.4 Å². The van der Waals surface area contributed by atoms with Crippen LogP contribution < -0.4 is 0 Å². The van der Waals surface area contributed by atoms with Crippen molar-refractivity contribution >= 4 is 17.3 Å². The lowest BCUT2D eigenvalue weighted by molar-refractivity contribution is -0.134. The summed E-state index contributed by atoms with van der Waals surface area (Å²) >= 11 is 0. The fourth-order valence-electron chi connectivity index (χ4n) is 8.31. The number of benzene rings is 1. The number of carbonyl (C=O) groups excluding carboxylic acids is 3. The normalized spacial score (nSPS) is 35.7. The largest absolute Gasteiger partial charge is 0.493 e. The lowest BCUT2D eigenvalue weighted by atomic mass is 9.42. The molecule has 1 aromatic carbocycles. The Hall–Kier alpha value is -2.79. The first-order chi connectivity index (χ1) is 17.2. The molecule has 0 fully saturated rings. The Kier molecular flexibility index (Phi) is 5.66. The zero-order valence-electron chi connectivity index (χ0n) is 23.2. The van der Waals surface area contributed by atoms with E-state index < -0.39 is 22.3 Å². The second-order valence-corrected chi connectivity index (χ2v) is 12.7. The van der Waals surface area contributed by atoms with Crippen molar-refractivity contribution in [2.24, 2.45) is 22.2 Å². The Morgan fingerprint density at radius 1 is 1.11 bits per heavy atom. The van der Waals surface area contributed by atoms with Crippen LogP contribution in [-0.4, -0.2) is 28.6 Å². The van der Waals surface area contributed by atoms with Crippen LogP contribution in [0.25, 0.3) is 0 Å². The Morgan fingerprint density at radius 2 is 1.78 bits per heavy atom. The van der Waals surface area contributed by atoms with Crippen LogP contribution in [0.5, 0.6) is 0 Å². The van der Waals surface area contributed by atoms with Crippen molar-refractivity contribution in [3.8, 4) is 0 Å². The molecule has 0 bridgehead atoms. The van der Waals surface area contributed by atoms with Gasteiger partial charge in [-0.2, -0.15) is 0 Å². The van der Waals surface area contributed by atoms with Crippen LogP contribution in [0.1, 0.15) is 94.5 Å². The zero-order valence-corrected chi connectivity index (χ0v) is 23.2. The van der Waals surface area contributed by atoms with Gasteiger partial charge >= 0.3 is 0 Å². The molecule has 1 aliphatic heterocycles. The van der Waals surface area contributed by atoms with Crippen LogP contribution in [0, 0.1) is 29.1 Å². The van der Waals surface area contributed by atoms with E-state index in [0.717, 1.165) is 33.4 Å². The molecule has 5 nitrogen and oxygen atoms in total. The lowest BCUT2D eigenvalue weighted by Gasteiger charge is -2.59. The van der Waals surface area contributed by atoms with Gasteiger partial charge in [-0.05, 0) is 89.0 Å². The SMILES string of the molecule is CC(=O)C1=C(C)CC2(C)CC3(C)Cc4c(C5OC=CC5C(C)O)ccc(C)c4C(=O)C3=C(C)C2(C)C1=O. The summed E-state index contributed by atoms with van der Waals surface area (Å²) in [5.41, 5.74) is 4.42. The molecular weight excluding hydrogens is 464 g/mol. The fraction of sp³-hybridized carbons (Fsp3) is 0.531. The quantitative estimate of drug-likeness (QED) is 0.518. The first-order valence-corrected chi connectivity index (χ1v) is 13.3. The molecule has 0 spiro atoms. The van der Waals surface area contributed by atoms with Crippen LogP contribution in [0.2, 0.25) is 0 Å². The number of hydrogen-bond acceptors (Lipinski definition) is 5. The molecule has 196 valence electrons. The van der Waals surface area contributed by atoms with Crippen LogP contribution in [0.15, 0.2) is 46.8 Å². The van der Waals surface area contributed by atoms with Crippen LogP contribution in [0.4, 0.5) is 0 Å². The highest BCUT2D eigenvalue weighted by Gasteiger charge is 2.63. The number of allylic oxidation sites excluding steroid dienone is 4. The number of rotatable bonds is 3. The number of carbonyl (C=O) groups is 3. The smallest absolute Gasteiger partial charge is 0.190 e. The third-order valence-corrected chi connectivity index (χ3v) is 10.1. The molecule has 5 rings (SSSR count). The van der Waals surface area contributed by atoms with E-state index in [1.165, 1.54) is 6.92 Å². The molecule has 0 aromatic heterocycles. The van der Waals surface area contributed by atoms with Crippen molar-refractivity contribution in [1.82, 2.24) is 0 Å². The van der Waals surface area contributed by atoms with Gasteiger partial charge < -0.3 is 9.84 Å². The number of hydrogen-bond donors (Lipinski definition) is 1. The summed E-state index contributed by atoms with van der Waals surface area (Å²) < 4.78 is 5.98. The molecule has 1 heterocycles. The maximum atomic E-state index is 14.4. The Bertz CT molecular complexity index is 1360. The highest BCUT2D eigenvalue weighted by Crippen LogP contribution is 2.66. The summed E-state index contributed by atoms with van der Waals surface area (Å²) in [7, 11) is 0. The Balaban J connectivity index is 1.73. The van der Waals surface area contributed by atoms with Gasteiger partial charge in [0.15, 0.2) is 17.3 Å². The summed E-state index contributed by atoms with van der Waals surface area (Å²) in [4.78, 5) is 40.9. The molecule has 1 aromatic rings. The maximum absolute atomic E-state index is 14.4. The van der Waals surface area contributed by atoms with Crippen LogP contribution in [0.3, 0.4) is 0 Å². The molecule has 0 saturated heterocycles. The van der Waals surface area contributed by atoms with Crippen molar-refractivity contribution in [3.63, 3.8) is 0 Å². The van der Waals surface area contributed by atoms with Crippen LogP contribution in [-0.2, 0) is 20.7 Å². The van der Waals surface area contributed by atoms with Gasteiger partial charge in [-0.25, -0.2) is 0 Å². The highest BCUT2D eigenvalue weighted by atomic mass is 16.5. The Morgan fingerprint density at radius 3 is 2.41 bits per heavy atom. The first kappa shape index (κ1) is 25.8. The van der Waals surface area contributed by atoms with Gasteiger partial charge in [0.1, 0.15) is 6.10 Å². The lowest BCUT2D eigenvalue weighted by Crippen LogP contribution is -2.57. The predicted octanol–water partition coefficient (Wildman–Crippen LogP) is 5.93. The van der Waals surface area contributed by atoms with Gasteiger partial charge in [0, 0.05) is 22.5 Å². The van der Waals surface area contributed by atoms with E-state index in [2.05, 4.69) is 13.8 Å². The summed E-state index contributed by atoms with van der Waals surface area (Å²) in [6.07, 6.45) is 4.59. The molecule has 0 radical (unpaired) electrons. The summed E-state index contributed by atoms with van der Waals surface area (Å²) in [5, 5.41) is 10.4. The number of ketones is 3. The molecule has 1 N–H and O–H groups in total. The van der Waals surface area contributed by atoms with Gasteiger partial charge in [0.25, 0.3) is 0 Å². The summed E-state index contributed by atoms with van der Waals surface area (Å²) in [6.45, 7) is 15.3. The van der Waals surface area contributed by atoms with E-state index in [9.17, 15) is 19.5 Å². The second kappa shape index (κ2) is 8.10. The monoisotopic (exact) mass is 502 g/mol. The number of aliphatic hydroxyl groups is 1. The second-order valence-electron chi connectivity index (χ2n) is 12.7. The molecule has 37 heavy (non-hydrogen) atoms. The van der Waals surface area contributed by atoms with Crippen LogP contribution >= 0.6 is 0 Å². The zero-order chi connectivity index (χ0) is 27.2. The minimum absolute atomic E-state index is 0.0214. The number of ether oxygens (including phenoxy) is 1. The van der Waals surface area contributed by atoms with E-state index >= 15 is 0 Å². The van der Waals surface area contributed by atoms with E-state index in [1.54, 1.807) is 13.2 Å². The van der Waals surface area contributed by atoms with Crippen molar-refractivity contribution in [2.75, 3.05) is 0 Å². The molecular formula is C32H38O5. The fourth-order valence-corrected chi connectivity index (χ4v) is 8.31. The van der Waals surface area contributed by atoms with Crippen molar-refractivity contribution in [1.29, 1.82) is 0 Å². The van der Waals surface area contributed by atoms with Gasteiger partial charge in [0.05, 0.1) is 23.4 Å². The molecule has 0 saturated carbocycles. The maximum Gasteiger partial charge on any atom is 0.190 e. The van der Waals surface area contributed by atoms with Gasteiger partial charge in [-0.1, -0.05) is 37.1 Å². The first-order valence-electron chi connectivity index (χ1n) is 13.3. The topological polar surface area (TPSA) is 80.7 Å². The third kappa shape index (κ3) is 3.29. The third-order valence-electron chi connectivity index (χ3n) is 10.1. The van der Waals surface area contributed by atoms with Gasteiger partial charge in [-0.15, -0.1) is 0 Å². The predicted molar refractivity (Wildman–Crippen MR) is 142 cm³/mol. The Labute approximate surface area is 219 Å². The average molecular weight is 503 g/mol. The average Bonchev–Trinajstić information content (AvgIpc) is 3.26. The van der Waals surface area contributed by atoms with Crippen molar-refractivity contribution < 1.29 is 24.2 Å². The van der Waals surface area contributed by atoms with Gasteiger partial charge in [-0.3, -0.25) is 14.4 Å². The molecule has 6 atom stereocenters. The highest BCUT2D eigenvalue weighted by molar-refractivity contribution is 6.24. The van der Waals surface area contributed by atoms with E-state index in [4.69, 9.17) is 4.74 Å². The number of fused-ring (bicyclic) bond motifs is 3. The standard InChI is InChI=1S/C32H38O5/c1-16-9-10-22(28-21(19(4)33)11-12-37-28)23-14-30(6)15-31(7)13-17(2)24(20(5)34)29(36)32(31,8)18(3)26(30)27(35)25(16)23/h9-12,19,21,28,33H,13-15H2,1-8H3. The minimum Gasteiger partial charge on any atom is -0.493 e. The van der Waals surface area contributed by atoms with Gasteiger partial charge in [0.2, 0.25) is 0 Å². The van der Waals surface area contributed by atoms with E-state index in [0.29, 0.717) is 30.4 Å². The van der Waals surface area contributed by atoms with Crippen molar-refractivity contribution in [3.05, 3.63) is 69.0 Å². The molecule has 6 unspecified atom stereocenters. The van der Waals surface area contributed by atoms with Crippen molar-refractivity contribution in [2.45, 2.75) is 86.9 Å². The molecule has 4 aliphatic rings. The summed E-state index contributed by atoms with van der Waals surface area (Å²) in [6, 6.07) is 4.01. The minimum atomic E-state index is -0.920.